The average Bonchev–Trinajstić information content (AvgIpc) is 3.07. The molecule has 0 spiro atoms. The molecule has 0 bridgehead atoms. The molecule has 1 aliphatic carbocycles. The summed E-state index contributed by atoms with van der Waals surface area (Å²) < 4.78 is 0. The Hall–Kier alpha value is -2.17. The Morgan fingerprint density at radius 1 is 1.32 bits per heavy atom. The Kier molecular flexibility index (Phi) is 3.27. The SMILES string of the molecule is O=C(NCCc1cn[nH]n1)C1Cc2ccccc2C1. The number of nitrogens with one attached hydrogen (secondary N) is 2. The van der Waals surface area contributed by atoms with Crippen LogP contribution in [0.25, 0.3) is 0 Å². The Morgan fingerprint density at radius 3 is 2.68 bits per heavy atom. The monoisotopic (exact) mass is 256 g/mol. The van der Waals surface area contributed by atoms with Gasteiger partial charge >= 0.3 is 0 Å². The van der Waals surface area contributed by atoms with E-state index in [1.165, 1.54) is 11.1 Å². The average molecular weight is 256 g/mol. The van der Waals surface area contributed by atoms with Crippen LogP contribution in [0.5, 0.6) is 0 Å². The molecule has 1 amide bonds. The van der Waals surface area contributed by atoms with E-state index < -0.39 is 0 Å². The normalized spacial score (nSPS) is 14.3. The third-order valence-corrected chi connectivity index (χ3v) is 3.57. The van der Waals surface area contributed by atoms with E-state index in [2.05, 4.69) is 32.9 Å². The number of aromatic nitrogens is 3. The van der Waals surface area contributed by atoms with E-state index in [-0.39, 0.29) is 11.8 Å². The minimum Gasteiger partial charge on any atom is -0.355 e. The molecule has 0 aliphatic heterocycles. The zero-order valence-corrected chi connectivity index (χ0v) is 10.6. The summed E-state index contributed by atoms with van der Waals surface area (Å²) in [4.78, 5) is 12.1. The second-order valence-corrected chi connectivity index (χ2v) is 4.88. The molecular weight excluding hydrogens is 240 g/mol. The first-order valence-electron chi connectivity index (χ1n) is 6.52. The number of carbonyl (C=O) groups is 1. The number of fused-ring (bicyclic) bond motifs is 1. The molecule has 2 aromatic rings. The zero-order valence-electron chi connectivity index (χ0n) is 10.6. The maximum absolute atomic E-state index is 12.1. The highest BCUT2D eigenvalue weighted by atomic mass is 16.1. The largest absolute Gasteiger partial charge is 0.355 e. The van der Waals surface area contributed by atoms with E-state index in [0.717, 1.165) is 18.5 Å². The van der Waals surface area contributed by atoms with E-state index in [4.69, 9.17) is 0 Å². The topological polar surface area (TPSA) is 70.7 Å². The fourth-order valence-electron chi connectivity index (χ4n) is 2.55. The molecule has 2 N–H and O–H groups in total. The number of hydrogen-bond donors (Lipinski definition) is 2. The highest BCUT2D eigenvalue weighted by Crippen LogP contribution is 2.26. The van der Waals surface area contributed by atoms with Crippen molar-refractivity contribution < 1.29 is 4.79 Å². The van der Waals surface area contributed by atoms with Crippen LogP contribution in [0.15, 0.2) is 30.5 Å². The number of carbonyl (C=O) groups excluding carboxylic acids is 1. The van der Waals surface area contributed by atoms with Gasteiger partial charge < -0.3 is 5.32 Å². The van der Waals surface area contributed by atoms with Gasteiger partial charge in [-0.2, -0.15) is 15.4 Å². The van der Waals surface area contributed by atoms with E-state index in [9.17, 15) is 4.79 Å². The van der Waals surface area contributed by atoms with Crippen LogP contribution in [0.3, 0.4) is 0 Å². The Balaban J connectivity index is 1.50. The summed E-state index contributed by atoms with van der Waals surface area (Å²) in [5, 5.41) is 13.2. The van der Waals surface area contributed by atoms with Crippen LogP contribution in [0.1, 0.15) is 16.8 Å². The van der Waals surface area contributed by atoms with Crippen molar-refractivity contribution in [3.05, 3.63) is 47.3 Å². The van der Waals surface area contributed by atoms with Crippen LogP contribution in [0.2, 0.25) is 0 Å². The lowest BCUT2D eigenvalue weighted by Crippen LogP contribution is -2.32. The first-order chi connectivity index (χ1) is 9.33. The van der Waals surface area contributed by atoms with Crippen molar-refractivity contribution in [2.24, 2.45) is 5.92 Å². The maximum atomic E-state index is 12.1. The van der Waals surface area contributed by atoms with E-state index in [0.29, 0.717) is 13.0 Å². The van der Waals surface area contributed by atoms with Crippen molar-refractivity contribution in [1.29, 1.82) is 0 Å². The second kappa shape index (κ2) is 5.22. The Morgan fingerprint density at radius 2 is 2.05 bits per heavy atom. The van der Waals surface area contributed by atoms with Gasteiger partial charge in [0.25, 0.3) is 0 Å². The molecule has 0 saturated heterocycles. The fourth-order valence-corrected chi connectivity index (χ4v) is 2.55. The van der Waals surface area contributed by atoms with Crippen LogP contribution < -0.4 is 5.32 Å². The van der Waals surface area contributed by atoms with Gasteiger partial charge in [-0.05, 0) is 24.0 Å². The summed E-state index contributed by atoms with van der Waals surface area (Å²) in [6, 6.07) is 8.28. The molecule has 0 unspecified atom stereocenters. The van der Waals surface area contributed by atoms with Gasteiger partial charge in [0.05, 0.1) is 11.9 Å². The van der Waals surface area contributed by atoms with E-state index in [1.807, 2.05) is 12.1 Å². The van der Waals surface area contributed by atoms with Gasteiger partial charge in [-0.3, -0.25) is 4.79 Å². The van der Waals surface area contributed by atoms with Gasteiger partial charge in [-0.25, -0.2) is 0 Å². The second-order valence-electron chi connectivity index (χ2n) is 4.88. The number of hydrogen-bond acceptors (Lipinski definition) is 3. The molecule has 0 saturated carbocycles. The molecular formula is C14H16N4O. The molecule has 5 nitrogen and oxygen atoms in total. The molecule has 3 rings (SSSR count). The van der Waals surface area contributed by atoms with Crippen molar-refractivity contribution >= 4 is 5.91 Å². The standard InChI is InChI=1S/C14H16N4O/c19-14(15-6-5-13-9-16-18-17-13)12-7-10-3-1-2-4-11(10)8-12/h1-4,9,12H,5-8H2,(H,15,19)(H,16,17,18). The van der Waals surface area contributed by atoms with Crippen LogP contribution in [0.4, 0.5) is 0 Å². The number of aromatic amines is 1. The van der Waals surface area contributed by atoms with Gasteiger partial charge in [0.1, 0.15) is 0 Å². The first-order valence-corrected chi connectivity index (χ1v) is 6.52. The highest BCUT2D eigenvalue weighted by Gasteiger charge is 2.26. The summed E-state index contributed by atoms with van der Waals surface area (Å²) in [6.45, 7) is 0.609. The summed E-state index contributed by atoms with van der Waals surface area (Å²) in [5.41, 5.74) is 3.48. The predicted molar refractivity (Wildman–Crippen MR) is 70.4 cm³/mol. The van der Waals surface area contributed by atoms with Crippen LogP contribution in [-0.2, 0) is 24.1 Å². The molecule has 5 heteroatoms. The maximum Gasteiger partial charge on any atom is 0.223 e. The smallest absolute Gasteiger partial charge is 0.223 e. The van der Waals surface area contributed by atoms with Gasteiger partial charge in [-0.15, -0.1) is 0 Å². The molecule has 19 heavy (non-hydrogen) atoms. The number of nitrogens with zero attached hydrogens (tertiary/aromatic N) is 2. The summed E-state index contributed by atoms with van der Waals surface area (Å²) in [6.07, 6.45) is 4.09. The zero-order chi connectivity index (χ0) is 13.1. The lowest BCUT2D eigenvalue weighted by molar-refractivity contribution is -0.124. The highest BCUT2D eigenvalue weighted by molar-refractivity contribution is 5.80. The molecule has 1 aliphatic rings. The minimum absolute atomic E-state index is 0.0784. The predicted octanol–water partition coefficient (Wildman–Crippen LogP) is 0.878. The number of H-pyrrole nitrogens is 1. The lowest BCUT2D eigenvalue weighted by Gasteiger charge is -2.09. The molecule has 1 aromatic heterocycles. The lowest BCUT2D eigenvalue weighted by atomic mass is 10.1. The van der Waals surface area contributed by atoms with E-state index >= 15 is 0 Å². The number of amides is 1. The molecule has 98 valence electrons. The number of benzene rings is 1. The van der Waals surface area contributed by atoms with Gasteiger partial charge in [0, 0.05) is 18.9 Å². The van der Waals surface area contributed by atoms with Crippen LogP contribution in [-0.4, -0.2) is 27.9 Å². The minimum atomic E-state index is 0.0784. The number of rotatable bonds is 4. The molecule has 1 heterocycles. The Bertz CT molecular complexity index is 540. The van der Waals surface area contributed by atoms with Gasteiger partial charge in [0.2, 0.25) is 5.91 Å². The van der Waals surface area contributed by atoms with Crippen molar-refractivity contribution in [1.82, 2.24) is 20.7 Å². The third-order valence-electron chi connectivity index (χ3n) is 3.57. The molecule has 0 atom stereocenters. The quantitative estimate of drug-likeness (QED) is 0.853. The summed E-state index contributed by atoms with van der Waals surface area (Å²) >= 11 is 0. The molecule has 1 aromatic carbocycles. The van der Waals surface area contributed by atoms with Gasteiger partial charge in [-0.1, -0.05) is 24.3 Å². The molecule has 0 fully saturated rings. The van der Waals surface area contributed by atoms with Crippen molar-refractivity contribution in [2.75, 3.05) is 6.54 Å². The van der Waals surface area contributed by atoms with Crippen molar-refractivity contribution in [3.8, 4) is 0 Å². The first kappa shape index (κ1) is 11.9. The van der Waals surface area contributed by atoms with Crippen LogP contribution >= 0.6 is 0 Å². The molecule has 0 radical (unpaired) electrons. The third kappa shape index (κ3) is 2.65. The Labute approximate surface area is 111 Å². The summed E-state index contributed by atoms with van der Waals surface area (Å²) in [7, 11) is 0. The van der Waals surface area contributed by atoms with Crippen molar-refractivity contribution in [2.45, 2.75) is 19.3 Å². The summed E-state index contributed by atoms with van der Waals surface area (Å²) in [5.74, 6) is 0.217. The van der Waals surface area contributed by atoms with Crippen molar-refractivity contribution in [3.63, 3.8) is 0 Å². The fraction of sp³-hybridized carbons (Fsp3) is 0.357. The van der Waals surface area contributed by atoms with Crippen LogP contribution in [0, 0.1) is 5.92 Å². The van der Waals surface area contributed by atoms with Gasteiger partial charge in [0.15, 0.2) is 0 Å². The van der Waals surface area contributed by atoms with E-state index in [1.54, 1.807) is 6.20 Å².